The number of benzene rings is 2. The number of carbonyl (C=O) groups excluding carboxylic acids is 3. The molecule has 186 valence electrons. The third-order valence-electron chi connectivity index (χ3n) is 6.33. The summed E-state index contributed by atoms with van der Waals surface area (Å²) in [5, 5.41) is 7.32. The van der Waals surface area contributed by atoms with E-state index in [0.717, 1.165) is 24.3 Å². The first kappa shape index (κ1) is 24.1. The fourth-order valence-corrected chi connectivity index (χ4v) is 4.53. The van der Waals surface area contributed by atoms with Crippen LogP contribution in [0.25, 0.3) is 5.82 Å². The van der Waals surface area contributed by atoms with Crippen LogP contribution in [0.2, 0.25) is 0 Å². The number of fused-ring (bicyclic) bond motifs is 1. The fraction of sp³-hybridized carbons (Fsp3) is 0.179. The number of nitrogens with one attached hydrogen (secondary N) is 1. The number of carbonyl (C=O) groups is 3. The molecular weight excluding hydrogens is 468 g/mol. The van der Waals surface area contributed by atoms with Crippen LogP contribution in [0, 0.1) is 0 Å². The van der Waals surface area contributed by atoms with E-state index >= 15 is 0 Å². The summed E-state index contributed by atoms with van der Waals surface area (Å²) in [5.74, 6) is -2.20. The smallest absolute Gasteiger partial charge is 0.287 e. The molecule has 9 nitrogen and oxygen atoms in total. The Kier molecular flexibility index (Phi) is 6.87. The van der Waals surface area contributed by atoms with Gasteiger partial charge in [0.25, 0.3) is 11.8 Å². The van der Waals surface area contributed by atoms with E-state index in [1.54, 1.807) is 29.2 Å². The van der Waals surface area contributed by atoms with E-state index in [2.05, 4.69) is 32.4 Å². The predicted octanol–water partition coefficient (Wildman–Crippen LogP) is 2.18. The molecule has 37 heavy (non-hydrogen) atoms. The Labute approximate surface area is 213 Å². The number of aromatic nitrogens is 3. The lowest BCUT2D eigenvalue weighted by molar-refractivity contribution is -0.137. The van der Waals surface area contributed by atoms with Crippen LogP contribution < -0.4 is 11.1 Å². The molecule has 3 N–H and O–H groups in total. The maximum Gasteiger partial charge on any atom is 0.287 e. The second kappa shape index (κ2) is 10.5. The molecule has 1 aliphatic heterocycles. The molecule has 5 rings (SSSR count). The van der Waals surface area contributed by atoms with Gasteiger partial charge in [0, 0.05) is 38.4 Å². The second-order valence-corrected chi connectivity index (χ2v) is 8.98. The number of nitrogens with zero attached hydrogens (tertiary/aromatic N) is 4. The van der Waals surface area contributed by atoms with Gasteiger partial charge in [-0.15, -0.1) is 0 Å². The van der Waals surface area contributed by atoms with Crippen molar-refractivity contribution in [1.29, 1.82) is 0 Å². The lowest BCUT2D eigenvalue weighted by atomic mass is 10.0. The molecule has 3 heterocycles. The Morgan fingerprint density at radius 3 is 2.32 bits per heavy atom. The highest BCUT2D eigenvalue weighted by Crippen LogP contribution is 2.24. The number of amides is 2. The summed E-state index contributed by atoms with van der Waals surface area (Å²) in [7, 11) is 0. The highest BCUT2D eigenvalue weighted by atomic mass is 16.2. The molecule has 2 aromatic heterocycles. The molecular formula is C28H26N6O3. The molecule has 1 unspecified atom stereocenters. The SMILES string of the molecule is NC(=O)C(=O)C(Cc1ccccc1)NC(=O)c1cccnc1-n1ccc(CN2Cc3ccccc3C2)n1. The van der Waals surface area contributed by atoms with Gasteiger partial charge in [-0.3, -0.25) is 19.3 Å². The van der Waals surface area contributed by atoms with Gasteiger partial charge in [0.05, 0.1) is 11.3 Å². The quantitative estimate of drug-likeness (QED) is 0.344. The van der Waals surface area contributed by atoms with Crippen molar-refractivity contribution in [1.82, 2.24) is 25.0 Å². The van der Waals surface area contributed by atoms with E-state index in [-0.39, 0.29) is 12.0 Å². The molecule has 4 aromatic rings. The van der Waals surface area contributed by atoms with E-state index in [0.29, 0.717) is 12.4 Å². The van der Waals surface area contributed by atoms with Gasteiger partial charge < -0.3 is 11.1 Å². The van der Waals surface area contributed by atoms with Crippen LogP contribution in [0.3, 0.4) is 0 Å². The maximum absolute atomic E-state index is 13.3. The molecule has 2 aromatic carbocycles. The first-order chi connectivity index (χ1) is 18.0. The zero-order chi connectivity index (χ0) is 25.8. The zero-order valence-corrected chi connectivity index (χ0v) is 20.1. The van der Waals surface area contributed by atoms with Crippen LogP contribution in [-0.2, 0) is 35.6 Å². The second-order valence-electron chi connectivity index (χ2n) is 8.98. The number of rotatable bonds is 9. The number of Topliss-reactive ketones (excluding diaryl/α,β-unsaturated/α-hetero) is 1. The van der Waals surface area contributed by atoms with Gasteiger partial charge in [0.2, 0.25) is 5.78 Å². The van der Waals surface area contributed by atoms with E-state index < -0.39 is 23.6 Å². The van der Waals surface area contributed by atoms with E-state index in [9.17, 15) is 14.4 Å². The Bertz CT molecular complexity index is 1420. The van der Waals surface area contributed by atoms with Crippen LogP contribution in [0.15, 0.2) is 85.2 Å². The Hall–Kier alpha value is -4.63. The molecule has 0 fully saturated rings. The lowest BCUT2D eigenvalue weighted by Crippen LogP contribution is -2.47. The average Bonchev–Trinajstić information content (AvgIpc) is 3.55. The van der Waals surface area contributed by atoms with Gasteiger partial charge >= 0.3 is 0 Å². The van der Waals surface area contributed by atoms with Gasteiger partial charge in [0.1, 0.15) is 6.04 Å². The molecule has 0 bridgehead atoms. The Morgan fingerprint density at radius 2 is 1.62 bits per heavy atom. The fourth-order valence-electron chi connectivity index (χ4n) is 4.53. The Morgan fingerprint density at radius 1 is 0.919 bits per heavy atom. The first-order valence-electron chi connectivity index (χ1n) is 12.0. The number of hydrogen-bond acceptors (Lipinski definition) is 6. The van der Waals surface area contributed by atoms with Crippen LogP contribution in [0.5, 0.6) is 0 Å². The summed E-state index contributed by atoms with van der Waals surface area (Å²) in [6.07, 6.45) is 3.46. The number of pyridine rings is 1. The standard InChI is InChI=1S/C28H26N6O3/c29-26(36)25(35)24(15-19-7-2-1-3-8-19)31-28(37)23-11-6-13-30-27(23)34-14-12-22(32-34)18-33-16-20-9-4-5-10-21(20)17-33/h1-14,24H,15-18H2,(H2,29,36)(H,31,37). The monoisotopic (exact) mass is 494 g/mol. The van der Waals surface area contributed by atoms with Crippen molar-refractivity contribution in [2.24, 2.45) is 5.73 Å². The van der Waals surface area contributed by atoms with Crippen LogP contribution >= 0.6 is 0 Å². The van der Waals surface area contributed by atoms with Gasteiger partial charge in [-0.25, -0.2) is 9.67 Å². The summed E-state index contributed by atoms with van der Waals surface area (Å²) in [6.45, 7) is 2.37. The minimum atomic E-state index is -1.11. The topological polar surface area (TPSA) is 123 Å². The highest BCUT2D eigenvalue weighted by Gasteiger charge is 2.27. The average molecular weight is 495 g/mol. The normalized spacial score (nSPS) is 13.6. The zero-order valence-electron chi connectivity index (χ0n) is 20.1. The van der Waals surface area contributed by atoms with Crippen molar-refractivity contribution in [2.75, 3.05) is 0 Å². The van der Waals surface area contributed by atoms with Gasteiger partial charge in [-0.2, -0.15) is 5.10 Å². The molecule has 0 radical (unpaired) electrons. The van der Waals surface area contributed by atoms with E-state index in [1.165, 1.54) is 11.1 Å². The van der Waals surface area contributed by atoms with Crippen molar-refractivity contribution >= 4 is 17.6 Å². The van der Waals surface area contributed by atoms with Crippen molar-refractivity contribution in [2.45, 2.75) is 32.1 Å². The molecule has 2 amide bonds. The Balaban J connectivity index is 1.33. The molecule has 0 aliphatic carbocycles. The van der Waals surface area contributed by atoms with Crippen LogP contribution in [0.1, 0.15) is 32.7 Å². The van der Waals surface area contributed by atoms with Crippen molar-refractivity contribution in [3.8, 4) is 5.82 Å². The summed E-state index contributed by atoms with van der Waals surface area (Å²) in [6, 6.07) is 21.5. The largest absolute Gasteiger partial charge is 0.363 e. The van der Waals surface area contributed by atoms with Crippen LogP contribution in [0.4, 0.5) is 0 Å². The summed E-state index contributed by atoms with van der Waals surface area (Å²) >= 11 is 0. The molecule has 0 saturated carbocycles. The number of hydrogen-bond donors (Lipinski definition) is 2. The molecule has 1 atom stereocenters. The number of primary amides is 1. The van der Waals surface area contributed by atoms with Crippen molar-refractivity contribution in [3.63, 3.8) is 0 Å². The van der Waals surface area contributed by atoms with E-state index in [4.69, 9.17) is 5.73 Å². The summed E-state index contributed by atoms with van der Waals surface area (Å²) in [4.78, 5) is 44.1. The van der Waals surface area contributed by atoms with Crippen molar-refractivity contribution < 1.29 is 14.4 Å². The molecule has 0 spiro atoms. The van der Waals surface area contributed by atoms with Gasteiger partial charge in [-0.1, -0.05) is 54.6 Å². The van der Waals surface area contributed by atoms with E-state index in [1.807, 2.05) is 48.5 Å². The number of ketones is 1. The van der Waals surface area contributed by atoms with Gasteiger partial charge in [0.15, 0.2) is 5.82 Å². The minimum Gasteiger partial charge on any atom is -0.363 e. The third-order valence-corrected chi connectivity index (χ3v) is 6.33. The third kappa shape index (κ3) is 5.46. The number of nitrogens with two attached hydrogens (primary N) is 1. The lowest BCUT2D eigenvalue weighted by Gasteiger charge is -2.17. The minimum absolute atomic E-state index is 0.133. The van der Waals surface area contributed by atoms with Gasteiger partial charge in [-0.05, 0) is 34.9 Å². The van der Waals surface area contributed by atoms with Crippen molar-refractivity contribution in [3.05, 3.63) is 113 Å². The molecule has 9 heteroatoms. The first-order valence-corrected chi connectivity index (χ1v) is 12.0. The summed E-state index contributed by atoms with van der Waals surface area (Å²) < 4.78 is 1.55. The predicted molar refractivity (Wildman–Crippen MR) is 136 cm³/mol. The molecule has 1 aliphatic rings. The maximum atomic E-state index is 13.3. The summed E-state index contributed by atoms with van der Waals surface area (Å²) in [5.41, 5.74) is 9.75. The highest BCUT2D eigenvalue weighted by molar-refractivity contribution is 6.38. The molecule has 0 saturated heterocycles. The van der Waals surface area contributed by atoms with Crippen LogP contribution in [-0.4, -0.2) is 43.3 Å².